The van der Waals surface area contributed by atoms with Gasteiger partial charge in [-0.15, -0.1) is 0 Å². The summed E-state index contributed by atoms with van der Waals surface area (Å²) in [6.07, 6.45) is 5.51. The summed E-state index contributed by atoms with van der Waals surface area (Å²) < 4.78 is 0. The fraction of sp³-hybridized carbons (Fsp3) is 0.857. The summed E-state index contributed by atoms with van der Waals surface area (Å²) in [5.74, 6) is 0.180. The third kappa shape index (κ3) is 4.56. The van der Waals surface area contributed by atoms with E-state index >= 15 is 0 Å². The maximum absolute atomic E-state index is 12.3. The molecular weight excluding hydrogens is 244 g/mol. The molecular formula is C14H28N2OS. The van der Waals surface area contributed by atoms with Gasteiger partial charge in [0.05, 0.1) is 10.5 Å². The molecule has 0 spiro atoms. The summed E-state index contributed by atoms with van der Waals surface area (Å²) in [6, 6.07) is 0. The first kappa shape index (κ1) is 17.4. The third-order valence-corrected chi connectivity index (χ3v) is 4.20. The van der Waals surface area contributed by atoms with E-state index in [2.05, 4.69) is 19.2 Å². The Morgan fingerprint density at radius 3 is 2.17 bits per heavy atom. The smallest absolute Gasteiger partial charge is 0.223 e. The summed E-state index contributed by atoms with van der Waals surface area (Å²) in [5.41, 5.74) is 5.29. The molecule has 106 valence electrons. The lowest BCUT2D eigenvalue weighted by atomic mass is 9.90. The van der Waals surface area contributed by atoms with Crippen LogP contribution in [0.25, 0.3) is 0 Å². The molecule has 3 N–H and O–H groups in total. The quantitative estimate of drug-likeness (QED) is 0.634. The molecule has 1 unspecified atom stereocenters. The molecule has 0 aromatic heterocycles. The van der Waals surface area contributed by atoms with Crippen LogP contribution in [0, 0.1) is 5.92 Å². The molecule has 1 atom stereocenters. The zero-order valence-electron chi connectivity index (χ0n) is 12.2. The molecule has 0 radical (unpaired) electrons. The number of nitrogens with two attached hydrogens (primary N) is 1. The van der Waals surface area contributed by atoms with Gasteiger partial charge in [0.2, 0.25) is 5.91 Å². The van der Waals surface area contributed by atoms with Crippen molar-refractivity contribution in [3.63, 3.8) is 0 Å². The molecule has 0 bridgehead atoms. The molecule has 0 saturated carbocycles. The van der Waals surface area contributed by atoms with Gasteiger partial charge < -0.3 is 11.1 Å². The van der Waals surface area contributed by atoms with Crippen molar-refractivity contribution < 1.29 is 4.79 Å². The van der Waals surface area contributed by atoms with Crippen molar-refractivity contribution in [1.82, 2.24) is 5.32 Å². The van der Waals surface area contributed by atoms with Gasteiger partial charge in [0, 0.05) is 5.92 Å². The molecule has 3 nitrogen and oxygen atoms in total. The highest BCUT2D eigenvalue weighted by atomic mass is 32.1. The summed E-state index contributed by atoms with van der Waals surface area (Å²) in [5, 5.41) is 3.08. The molecule has 0 aliphatic heterocycles. The highest BCUT2D eigenvalue weighted by Crippen LogP contribution is 2.19. The molecule has 0 fully saturated rings. The first-order chi connectivity index (χ1) is 8.47. The van der Waals surface area contributed by atoms with E-state index < -0.39 is 5.54 Å². The number of unbranched alkanes of at least 4 members (excludes halogenated alkanes) is 1. The van der Waals surface area contributed by atoms with E-state index in [1.807, 2.05) is 13.8 Å². The summed E-state index contributed by atoms with van der Waals surface area (Å²) in [4.78, 5) is 12.7. The number of hydrogen-bond acceptors (Lipinski definition) is 2. The van der Waals surface area contributed by atoms with Gasteiger partial charge in [-0.25, -0.2) is 0 Å². The van der Waals surface area contributed by atoms with E-state index in [9.17, 15) is 4.79 Å². The SMILES string of the molecule is CCCCC(CC)C(=O)NC(CC)(CC)C(N)=S. The van der Waals surface area contributed by atoms with E-state index in [-0.39, 0.29) is 11.8 Å². The van der Waals surface area contributed by atoms with E-state index in [4.69, 9.17) is 18.0 Å². The number of amides is 1. The van der Waals surface area contributed by atoms with Crippen LogP contribution in [0.2, 0.25) is 0 Å². The maximum Gasteiger partial charge on any atom is 0.223 e. The monoisotopic (exact) mass is 272 g/mol. The van der Waals surface area contributed by atoms with Crippen molar-refractivity contribution in [3.05, 3.63) is 0 Å². The van der Waals surface area contributed by atoms with Gasteiger partial charge in [0.1, 0.15) is 0 Å². The lowest BCUT2D eigenvalue weighted by molar-refractivity contribution is -0.126. The second kappa shape index (κ2) is 8.46. The molecule has 0 rings (SSSR count). The average Bonchev–Trinajstić information content (AvgIpc) is 2.36. The average molecular weight is 272 g/mol. The Morgan fingerprint density at radius 2 is 1.83 bits per heavy atom. The standard InChI is InChI=1S/C14H28N2OS/c1-5-9-10-11(6-2)12(17)16-14(7-3,8-4)13(15)18/h11H,5-10H2,1-4H3,(H2,15,18)(H,16,17). The second-order valence-electron chi connectivity index (χ2n) is 4.89. The topological polar surface area (TPSA) is 55.1 Å². The van der Waals surface area contributed by atoms with Crippen molar-refractivity contribution in [1.29, 1.82) is 0 Å². The second-order valence-corrected chi connectivity index (χ2v) is 5.33. The van der Waals surface area contributed by atoms with E-state index in [1.165, 1.54) is 0 Å². The molecule has 0 aromatic rings. The Hall–Kier alpha value is -0.640. The Kier molecular flexibility index (Phi) is 8.16. The van der Waals surface area contributed by atoms with Crippen LogP contribution in [-0.4, -0.2) is 16.4 Å². The van der Waals surface area contributed by atoms with Crippen LogP contribution in [-0.2, 0) is 4.79 Å². The highest BCUT2D eigenvalue weighted by Gasteiger charge is 2.33. The third-order valence-electron chi connectivity index (χ3n) is 3.81. The van der Waals surface area contributed by atoms with Crippen LogP contribution >= 0.6 is 12.2 Å². The predicted molar refractivity (Wildman–Crippen MR) is 81.5 cm³/mol. The summed E-state index contributed by atoms with van der Waals surface area (Å²) in [6.45, 7) is 8.22. The van der Waals surface area contributed by atoms with E-state index in [0.29, 0.717) is 4.99 Å². The van der Waals surface area contributed by atoms with Crippen molar-refractivity contribution in [2.24, 2.45) is 11.7 Å². The van der Waals surface area contributed by atoms with Crippen LogP contribution in [0.5, 0.6) is 0 Å². The normalized spacial score (nSPS) is 13.1. The number of thiocarbonyl (C=S) groups is 1. The Morgan fingerprint density at radius 1 is 1.28 bits per heavy atom. The van der Waals surface area contributed by atoms with Crippen LogP contribution in [0.1, 0.15) is 66.2 Å². The Labute approximate surface area is 117 Å². The van der Waals surface area contributed by atoms with Gasteiger partial charge in [-0.05, 0) is 25.7 Å². The molecule has 0 aliphatic carbocycles. The molecule has 18 heavy (non-hydrogen) atoms. The Balaban J connectivity index is 4.71. The first-order valence-electron chi connectivity index (χ1n) is 7.09. The van der Waals surface area contributed by atoms with Gasteiger partial charge in [-0.2, -0.15) is 0 Å². The van der Waals surface area contributed by atoms with Gasteiger partial charge in [-0.3, -0.25) is 4.79 Å². The van der Waals surface area contributed by atoms with Crippen molar-refractivity contribution >= 4 is 23.1 Å². The molecule has 0 aliphatic rings. The van der Waals surface area contributed by atoms with Gasteiger partial charge in [0.15, 0.2) is 0 Å². The number of carbonyl (C=O) groups excluding carboxylic acids is 1. The first-order valence-corrected chi connectivity index (χ1v) is 7.50. The van der Waals surface area contributed by atoms with Crippen LogP contribution in [0.3, 0.4) is 0 Å². The van der Waals surface area contributed by atoms with Crippen molar-refractivity contribution in [3.8, 4) is 0 Å². The number of rotatable bonds is 9. The fourth-order valence-electron chi connectivity index (χ4n) is 2.15. The van der Waals surface area contributed by atoms with Gasteiger partial charge in [-0.1, -0.05) is 52.8 Å². The van der Waals surface area contributed by atoms with Gasteiger partial charge in [0.25, 0.3) is 0 Å². The minimum Gasteiger partial charge on any atom is -0.391 e. The predicted octanol–water partition coefficient (Wildman–Crippen LogP) is 3.16. The number of hydrogen-bond donors (Lipinski definition) is 2. The van der Waals surface area contributed by atoms with Crippen LogP contribution in [0.15, 0.2) is 0 Å². The molecule has 1 amide bonds. The van der Waals surface area contributed by atoms with Crippen LogP contribution in [0.4, 0.5) is 0 Å². The zero-order valence-corrected chi connectivity index (χ0v) is 13.0. The zero-order chi connectivity index (χ0) is 14.2. The molecule has 0 heterocycles. The number of nitrogens with one attached hydrogen (secondary N) is 1. The fourth-order valence-corrected chi connectivity index (χ4v) is 2.49. The molecule has 0 saturated heterocycles. The Bertz CT molecular complexity index is 275. The van der Waals surface area contributed by atoms with E-state index in [0.717, 1.165) is 38.5 Å². The lowest BCUT2D eigenvalue weighted by Gasteiger charge is -2.33. The van der Waals surface area contributed by atoms with E-state index in [1.54, 1.807) is 0 Å². The maximum atomic E-state index is 12.3. The largest absolute Gasteiger partial charge is 0.391 e. The highest BCUT2D eigenvalue weighted by molar-refractivity contribution is 7.80. The summed E-state index contributed by atoms with van der Waals surface area (Å²) in [7, 11) is 0. The number of carbonyl (C=O) groups is 1. The van der Waals surface area contributed by atoms with Crippen molar-refractivity contribution in [2.75, 3.05) is 0 Å². The lowest BCUT2D eigenvalue weighted by Crippen LogP contribution is -2.57. The van der Waals surface area contributed by atoms with Crippen molar-refractivity contribution in [2.45, 2.75) is 71.8 Å². The minimum absolute atomic E-state index is 0.0803. The molecule has 0 aromatic carbocycles. The summed E-state index contributed by atoms with van der Waals surface area (Å²) >= 11 is 5.12. The molecule has 4 heteroatoms. The van der Waals surface area contributed by atoms with Crippen LogP contribution < -0.4 is 11.1 Å². The minimum atomic E-state index is -0.508. The van der Waals surface area contributed by atoms with Gasteiger partial charge >= 0.3 is 0 Å².